The minimum absolute atomic E-state index is 0.0633. The number of benzene rings is 1. The highest BCUT2D eigenvalue weighted by Crippen LogP contribution is 2.50. The van der Waals surface area contributed by atoms with Crippen LogP contribution in [0.15, 0.2) is 18.2 Å². The third-order valence-corrected chi connectivity index (χ3v) is 10.5. The fourth-order valence-corrected chi connectivity index (χ4v) is 7.21. The summed E-state index contributed by atoms with van der Waals surface area (Å²) in [5, 5.41) is 44.7. The summed E-state index contributed by atoms with van der Waals surface area (Å²) in [5.74, 6) is -7.13. The monoisotopic (exact) mass is 779 g/mol. The fraction of sp³-hybridized carbons (Fsp3) is 0.575. The van der Waals surface area contributed by atoms with Crippen LogP contribution in [0.25, 0.3) is 17.0 Å². The predicted octanol–water partition coefficient (Wildman–Crippen LogP) is 5.92. The molecule has 0 bridgehead atoms. The number of ether oxygens (including phenoxy) is 3. The van der Waals surface area contributed by atoms with Gasteiger partial charge >= 0.3 is 23.9 Å². The molecule has 2 unspecified atom stereocenters. The van der Waals surface area contributed by atoms with E-state index in [0.717, 1.165) is 17.4 Å². The normalized spacial score (nSPS) is 19.0. The fourth-order valence-electron chi connectivity index (χ4n) is 7.21. The summed E-state index contributed by atoms with van der Waals surface area (Å²) >= 11 is 0. The number of amides is 1. The van der Waals surface area contributed by atoms with Crippen molar-refractivity contribution >= 4 is 41.1 Å². The number of nitriles is 1. The number of rotatable bonds is 13. The van der Waals surface area contributed by atoms with E-state index >= 15 is 0 Å². The first-order valence-corrected chi connectivity index (χ1v) is 18.4. The number of hydrogen-bond donors (Lipinski definition) is 5. The number of hydrogen-bond acceptors (Lipinski definition) is 11. The molecular weight excluding hydrogens is 726 g/mol. The number of aromatic nitrogens is 3. The van der Waals surface area contributed by atoms with Gasteiger partial charge in [0.25, 0.3) is 0 Å². The number of anilines is 1. The Bertz CT molecular complexity index is 2000. The van der Waals surface area contributed by atoms with Gasteiger partial charge in [-0.3, -0.25) is 24.3 Å². The number of carbonyl (C=O) groups excluding carboxylic acids is 3. The quantitative estimate of drug-likeness (QED) is 0.127. The molecule has 1 amide bonds. The zero-order valence-corrected chi connectivity index (χ0v) is 33.6. The van der Waals surface area contributed by atoms with Crippen LogP contribution in [0, 0.1) is 51.2 Å². The van der Waals surface area contributed by atoms with Gasteiger partial charge in [0.05, 0.1) is 43.6 Å². The van der Waals surface area contributed by atoms with Crippen molar-refractivity contribution in [1.29, 1.82) is 5.26 Å². The summed E-state index contributed by atoms with van der Waals surface area (Å²) in [6, 6.07) is 6.60. The van der Waals surface area contributed by atoms with Crippen LogP contribution < -0.4 is 14.8 Å². The van der Waals surface area contributed by atoms with E-state index in [2.05, 4.69) is 63.9 Å². The van der Waals surface area contributed by atoms with Crippen LogP contribution in [-0.4, -0.2) is 79.5 Å². The van der Waals surface area contributed by atoms with Gasteiger partial charge in [0.1, 0.15) is 29.0 Å². The average molecular weight is 780 g/mol. The Morgan fingerprint density at radius 1 is 1.00 bits per heavy atom. The summed E-state index contributed by atoms with van der Waals surface area (Å²) < 4.78 is 18.6. The van der Waals surface area contributed by atoms with Crippen molar-refractivity contribution in [2.75, 3.05) is 19.0 Å². The molecule has 2 heterocycles. The zero-order chi connectivity index (χ0) is 42.1. The molecule has 1 aliphatic carbocycles. The first-order valence-electron chi connectivity index (χ1n) is 18.4. The van der Waals surface area contributed by atoms with Crippen LogP contribution >= 0.6 is 0 Å². The van der Waals surface area contributed by atoms with Crippen LogP contribution in [0.3, 0.4) is 0 Å². The number of nitrogens with zero attached hydrogens (tertiary/aromatic N) is 3. The molecule has 304 valence electrons. The molecule has 3 aromatic rings. The molecule has 56 heavy (non-hydrogen) atoms. The molecule has 16 nitrogen and oxygen atoms in total. The second kappa shape index (κ2) is 16.4. The third-order valence-electron chi connectivity index (χ3n) is 10.5. The highest BCUT2D eigenvalue weighted by molar-refractivity contribution is 6.01. The van der Waals surface area contributed by atoms with E-state index < -0.39 is 78.1 Å². The van der Waals surface area contributed by atoms with Crippen molar-refractivity contribution in [1.82, 2.24) is 14.6 Å². The molecule has 2 aromatic heterocycles. The van der Waals surface area contributed by atoms with E-state index in [4.69, 9.17) is 14.2 Å². The summed E-state index contributed by atoms with van der Waals surface area (Å²) in [5.41, 5.74) is -2.03. The molecule has 0 radical (unpaired) electrons. The molecule has 1 saturated carbocycles. The van der Waals surface area contributed by atoms with Crippen LogP contribution in [0.5, 0.6) is 11.6 Å². The van der Waals surface area contributed by atoms with Crippen molar-refractivity contribution in [2.24, 2.45) is 39.9 Å². The molecule has 1 aliphatic rings. The SMILES string of the molecule is COc1ccc(-c2nc3c(C(=O)OC4C(C(C)(C)C)CC(C)CC4C(C)(C)C)c(C#N)c(OC(=O)C(CC(=O)O)CC(=O)O)n3[nH]2)cc1NC(=O)C(C)(C)CO. The van der Waals surface area contributed by atoms with Gasteiger partial charge in [-0.05, 0) is 61.6 Å². The molecule has 0 saturated heterocycles. The minimum atomic E-state index is -1.64. The van der Waals surface area contributed by atoms with Crippen LogP contribution in [0.2, 0.25) is 0 Å². The second-order valence-electron chi connectivity index (χ2n) is 17.5. The van der Waals surface area contributed by atoms with E-state index in [-0.39, 0.29) is 51.1 Å². The zero-order valence-electron chi connectivity index (χ0n) is 33.6. The van der Waals surface area contributed by atoms with Crippen molar-refractivity contribution in [3.8, 4) is 29.1 Å². The number of methoxy groups -OCH3 is 1. The Morgan fingerprint density at radius 3 is 2.05 bits per heavy atom. The van der Waals surface area contributed by atoms with Crippen molar-refractivity contribution in [2.45, 2.75) is 94.1 Å². The molecule has 4 rings (SSSR count). The summed E-state index contributed by atoms with van der Waals surface area (Å²) in [6.45, 7) is 17.4. The number of esters is 2. The first-order chi connectivity index (χ1) is 25.9. The number of aromatic amines is 1. The molecule has 16 heteroatoms. The molecular formula is C40H53N5O11. The van der Waals surface area contributed by atoms with Gasteiger partial charge in [-0.25, -0.2) is 14.3 Å². The van der Waals surface area contributed by atoms with Crippen LogP contribution in [0.1, 0.15) is 104 Å². The maximum Gasteiger partial charge on any atom is 0.343 e. The summed E-state index contributed by atoms with van der Waals surface area (Å²) in [4.78, 5) is 68.8. The number of carboxylic acids is 2. The Hall–Kier alpha value is -5.43. The number of carboxylic acid groups (broad SMARTS) is 2. The van der Waals surface area contributed by atoms with Crippen molar-refractivity contribution < 1.29 is 53.5 Å². The van der Waals surface area contributed by atoms with Gasteiger partial charge in [-0.1, -0.05) is 48.5 Å². The number of fused-ring (bicyclic) bond motifs is 1. The Morgan fingerprint density at radius 2 is 1.57 bits per heavy atom. The lowest BCUT2D eigenvalue weighted by Crippen LogP contribution is -2.49. The molecule has 0 aliphatic heterocycles. The number of aliphatic hydroxyl groups excluding tert-OH is 1. The summed E-state index contributed by atoms with van der Waals surface area (Å²) in [6.07, 6.45) is -0.738. The average Bonchev–Trinajstić information content (AvgIpc) is 3.64. The topological polar surface area (TPSA) is 243 Å². The molecule has 2 atom stereocenters. The maximum atomic E-state index is 14.6. The second-order valence-corrected chi connectivity index (χ2v) is 17.5. The van der Waals surface area contributed by atoms with Crippen molar-refractivity contribution in [3.63, 3.8) is 0 Å². The van der Waals surface area contributed by atoms with Gasteiger partial charge in [-0.15, -0.1) is 0 Å². The van der Waals surface area contributed by atoms with E-state index in [1.165, 1.54) is 13.2 Å². The van der Waals surface area contributed by atoms with E-state index in [1.807, 2.05) is 6.07 Å². The predicted molar refractivity (Wildman–Crippen MR) is 203 cm³/mol. The molecule has 0 spiro atoms. The maximum absolute atomic E-state index is 14.6. The first kappa shape index (κ1) is 43.3. The third kappa shape index (κ3) is 9.32. The standard InChI is InChI=1S/C40H53N5O11/c1-20-13-24(38(2,3)4)31(25(14-20)39(5,6)7)55-36(52)30-23(18-41)34(56-35(51)22(16-28(47)48)17-29(49)50)45-33(30)43-32(44-45)21-11-12-27(54-10)26(15-21)42-37(53)40(8,9)19-46/h11-12,15,20,22,24-25,31,46H,13-14,16-17,19H2,1-10H3,(H,42,53)(H,43,44)(H,47,48)(H,49,50). The molecule has 5 N–H and O–H groups in total. The number of aliphatic hydroxyl groups is 1. The minimum Gasteiger partial charge on any atom is -0.495 e. The lowest BCUT2D eigenvalue weighted by molar-refractivity contribution is -0.150. The Labute approximate surface area is 325 Å². The van der Waals surface area contributed by atoms with Crippen molar-refractivity contribution in [3.05, 3.63) is 29.3 Å². The Kier molecular flexibility index (Phi) is 12.6. The van der Waals surface area contributed by atoms with Gasteiger partial charge in [0.2, 0.25) is 11.8 Å². The van der Waals surface area contributed by atoms with E-state index in [1.54, 1.807) is 26.0 Å². The van der Waals surface area contributed by atoms with Gasteiger partial charge in [0.15, 0.2) is 11.5 Å². The molecule has 1 fully saturated rings. The van der Waals surface area contributed by atoms with Crippen LogP contribution in [0.4, 0.5) is 5.69 Å². The van der Waals surface area contributed by atoms with Crippen LogP contribution in [-0.2, 0) is 23.9 Å². The smallest absolute Gasteiger partial charge is 0.343 e. The van der Waals surface area contributed by atoms with Gasteiger partial charge in [-0.2, -0.15) is 5.26 Å². The molecule has 1 aromatic carbocycles. The highest BCUT2D eigenvalue weighted by Gasteiger charge is 2.48. The summed E-state index contributed by atoms with van der Waals surface area (Å²) in [7, 11) is 1.41. The van der Waals surface area contributed by atoms with E-state index in [9.17, 15) is 44.6 Å². The lowest BCUT2D eigenvalue weighted by Gasteiger charge is -2.50. The van der Waals surface area contributed by atoms with Gasteiger partial charge in [0, 0.05) is 17.4 Å². The Balaban J connectivity index is 1.93. The number of H-pyrrole nitrogens is 1. The highest BCUT2D eigenvalue weighted by atomic mass is 16.6. The number of nitrogens with one attached hydrogen (secondary N) is 2. The number of carbonyl (C=O) groups is 5. The van der Waals surface area contributed by atoms with E-state index in [0.29, 0.717) is 11.5 Å². The largest absolute Gasteiger partial charge is 0.495 e. The lowest BCUT2D eigenvalue weighted by atomic mass is 9.59. The van der Waals surface area contributed by atoms with Gasteiger partial charge < -0.3 is 34.8 Å². The number of aliphatic carboxylic acids is 2.